The fraction of sp³-hybridized carbons (Fsp3) is 0.368. The summed E-state index contributed by atoms with van der Waals surface area (Å²) in [6, 6.07) is 8.51. The number of carbonyl (C=O) groups is 3. The first kappa shape index (κ1) is 25.6. The topological polar surface area (TPSA) is 132 Å². The number of carboxylic acids is 2. The predicted molar refractivity (Wildman–Crippen MR) is 104 cm³/mol. The van der Waals surface area contributed by atoms with Crippen LogP contribution in [-0.4, -0.2) is 82.6 Å². The lowest BCUT2D eigenvalue weighted by atomic mass is 10.1. The third kappa shape index (κ3) is 9.76. The van der Waals surface area contributed by atoms with Crippen LogP contribution >= 0.6 is 0 Å². The second kappa shape index (κ2) is 10.6. The lowest BCUT2D eigenvalue weighted by Gasteiger charge is -2.29. The van der Waals surface area contributed by atoms with Crippen molar-refractivity contribution in [2.24, 2.45) is 0 Å². The SMILES string of the molecule is C[N+](C)(C)C[C@@H](CC(=O)O)NC(=O)c1ccc(-c2ccn[nH]2)cc1.O=C(O)C(F)(F)F. The maximum atomic E-state index is 12.4. The fourth-order valence-corrected chi connectivity index (χ4v) is 2.52. The van der Waals surface area contributed by atoms with E-state index in [0.29, 0.717) is 16.6 Å². The van der Waals surface area contributed by atoms with Crippen molar-refractivity contribution in [3.8, 4) is 11.3 Å². The average molecular weight is 445 g/mol. The number of aromatic nitrogens is 2. The van der Waals surface area contributed by atoms with Crippen molar-refractivity contribution < 1.29 is 42.3 Å². The quantitative estimate of drug-likeness (QED) is 0.482. The minimum Gasteiger partial charge on any atom is -0.481 e. The maximum absolute atomic E-state index is 12.4. The van der Waals surface area contributed by atoms with Gasteiger partial charge >= 0.3 is 18.1 Å². The number of carboxylic acid groups (broad SMARTS) is 2. The number of alkyl halides is 3. The zero-order valence-corrected chi connectivity index (χ0v) is 17.1. The van der Waals surface area contributed by atoms with E-state index in [1.807, 2.05) is 39.3 Å². The van der Waals surface area contributed by atoms with E-state index in [-0.39, 0.29) is 12.3 Å². The maximum Gasteiger partial charge on any atom is 0.490 e. The Morgan fingerprint density at radius 3 is 2.03 bits per heavy atom. The van der Waals surface area contributed by atoms with Gasteiger partial charge in [0.1, 0.15) is 0 Å². The summed E-state index contributed by atoms with van der Waals surface area (Å²) in [7, 11) is 5.88. The van der Waals surface area contributed by atoms with Crippen molar-refractivity contribution in [2.45, 2.75) is 18.6 Å². The summed E-state index contributed by atoms with van der Waals surface area (Å²) in [6.07, 6.45) is -3.52. The molecule has 0 unspecified atom stereocenters. The summed E-state index contributed by atoms with van der Waals surface area (Å²) in [5.74, 6) is -3.96. The third-order valence-corrected chi connectivity index (χ3v) is 3.73. The third-order valence-electron chi connectivity index (χ3n) is 3.73. The summed E-state index contributed by atoms with van der Waals surface area (Å²) in [5, 5.41) is 25.7. The van der Waals surface area contributed by atoms with Crippen molar-refractivity contribution in [3.63, 3.8) is 0 Å². The van der Waals surface area contributed by atoms with Gasteiger partial charge in [-0.15, -0.1) is 0 Å². The van der Waals surface area contributed by atoms with Crippen LogP contribution < -0.4 is 5.32 Å². The number of quaternary nitrogens is 1. The van der Waals surface area contributed by atoms with Gasteiger partial charge in [0.25, 0.3) is 5.91 Å². The molecule has 0 aliphatic carbocycles. The Morgan fingerprint density at radius 1 is 1.10 bits per heavy atom. The molecule has 0 spiro atoms. The molecule has 12 heteroatoms. The minimum absolute atomic E-state index is 0.104. The van der Waals surface area contributed by atoms with Crippen molar-refractivity contribution in [3.05, 3.63) is 42.1 Å². The highest BCUT2D eigenvalue weighted by molar-refractivity contribution is 5.95. The van der Waals surface area contributed by atoms with Crippen LogP contribution in [0.15, 0.2) is 36.5 Å². The molecule has 2 rings (SSSR count). The van der Waals surface area contributed by atoms with E-state index < -0.39 is 24.2 Å². The molecular formula is C19H24F3N4O5+. The van der Waals surface area contributed by atoms with Crippen LogP contribution in [0, 0.1) is 0 Å². The Morgan fingerprint density at radius 2 is 1.65 bits per heavy atom. The Labute approximate surface area is 176 Å². The summed E-state index contributed by atoms with van der Waals surface area (Å²) >= 11 is 0. The Balaban J connectivity index is 0.000000592. The van der Waals surface area contributed by atoms with Crippen molar-refractivity contribution >= 4 is 17.8 Å². The predicted octanol–water partition coefficient (Wildman–Crippen LogP) is 1.99. The molecule has 1 aromatic carbocycles. The number of amides is 1. The molecule has 0 fully saturated rings. The van der Waals surface area contributed by atoms with E-state index >= 15 is 0 Å². The van der Waals surface area contributed by atoms with Gasteiger partial charge in [-0.25, -0.2) is 4.79 Å². The number of nitrogens with one attached hydrogen (secondary N) is 2. The van der Waals surface area contributed by atoms with E-state index in [2.05, 4.69) is 15.5 Å². The molecule has 1 aromatic heterocycles. The van der Waals surface area contributed by atoms with Gasteiger partial charge < -0.3 is 20.0 Å². The molecule has 0 saturated carbocycles. The molecule has 0 aliphatic heterocycles. The highest BCUT2D eigenvalue weighted by atomic mass is 19.4. The average Bonchev–Trinajstić information content (AvgIpc) is 3.14. The largest absolute Gasteiger partial charge is 0.490 e. The first-order valence-corrected chi connectivity index (χ1v) is 8.92. The number of rotatable bonds is 7. The van der Waals surface area contributed by atoms with E-state index in [1.54, 1.807) is 18.3 Å². The molecule has 0 radical (unpaired) electrons. The van der Waals surface area contributed by atoms with Crippen molar-refractivity contribution in [2.75, 3.05) is 27.7 Å². The molecule has 4 N–H and O–H groups in total. The summed E-state index contributed by atoms with van der Waals surface area (Å²) < 4.78 is 32.3. The molecule has 0 aliphatic rings. The van der Waals surface area contributed by atoms with Gasteiger partial charge in [0.2, 0.25) is 0 Å². The number of benzene rings is 1. The molecule has 9 nitrogen and oxygen atoms in total. The van der Waals surface area contributed by atoms with Crippen molar-refractivity contribution in [1.82, 2.24) is 15.5 Å². The zero-order chi connectivity index (χ0) is 23.8. The summed E-state index contributed by atoms with van der Waals surface area (Å²) in [4.78, 5) is 32.3. The fourth-order valence-electron chi connectivity index (χ4n) is 2.52. The number of H-pyrrole nitrogens is 1. The molecular weight excluding hydrogens is 421 g/mol. The zero-order valence-electron chi connectivity index (χ0n) is 17.1. The summed E-state index contributed by atoms with van der Waals surface area (Å²) in [5.41, 5.74) is 2.29. The van der Waals surface area contributed by atoms with E-state index in [1.165, 1.54) is 0 Å². The standard InChI is InChI=1S/C17H22N4O3.C2HF3O2/c1-21(2,3)11-14(10-16(22)23)19-17(24)13-6-4-12(5-7-13)15-8-9-18-20-15;3-2(4,5)1(6)7/h4-9,14H,10-11H2,1-3H3,(H2-,18,19,20,22,23,24);(H,6,7)/p+1/t14-;/m1./s1. The molecule has 1 amide bonds. The number of hydrogen-bond donors (Lipinski definition) is 4. The van der Waals surface area contributed by atoms with Crippen LogP contribution in [0.25, 0.3) is 11.3 Å². The van der Waals surface area contributed by atoms with Gasteiger partial charge in [0.15, 0.2) is 0 Å². The molecule has 170 valence electrons. The highest BCUT2D eigenvalue weighted by Gasteiger charge is 2.38. The van der Waals surface area contributed by atoms with Crippen LogP contribution in [0.2, 0.25) is 0 Å². The minimum atomic E-state index is -5.08. The summed E-state index contributed by atoms with van der Waals surface area (Å²) in [6.45, 7) is 0.532. The molecule has 2 aromatic rings. The van der Waals surface area contributed by atoms with Crippen LogP contribution in [0.3, 0.4) is 0 Å². The number of aliphatic carboxylic acids is 2. The normalized spacial score (nSPS) is 12.3. The second-order valence-electron chi connectivity index (χ2n) is 7.59. The first-order chi connectivity index (χ1) is 14.2. The van der Waals surface area contributed by atoms with E-state index in [4.69, 9.17) is 15.0 Å². The van der Waals surface area contributed by atoms with Gasteiger partial charge in [0, 0.05) is 11.8 Å². The molecule has 0 saturated heterocycles. The van der Waals surface area contributed by atoms with Gasteiger partial charge in [0.05, 0.1) is 45.8 Å². The van der Waals surface area contributed by atoms with Gasteiger partial charge in [-0.3, -0.25) is 14.7 Å². The monoisotopic (exact) mass is 445 g/mol. The molecule has 0 bridgehead atoms. The van der Waals surface area contributed by atoms with Gasteiger partial charge in [-0.2, -0.15) is 18.3 Å². The van der Waals surface area contributed by atoms with Crippen LogP contribution in [0.1, 0.15) is 16.8 Å². The lowest BCUT2D eigenvalue weighted by molar-refractivity contribution is -0.871. The number of halogens is 3. The van der Waals surface area contributed by atoms with Crippen LogP contribution in [0.5, 0.6) is 0 Å². The van der Waals surface area contributed by atoms with E-state index in [0.717, 1.165) is 11.3 Å². The van der Waals surface area contributed by atoms with Crippen molar-refractivity contribution in [1.29, 1.82) is 0 Å². The number of likely N-dealkylation sites (N-methyl/N-ethyl adjacent to an activating group) is 1. The van der Waals surface area contributed by atoms with Gasteiger partial charge in [-0.1, -0.05) is 12.1 Å². The van der Waals surface area contributed by atoms with Crippen LogP contribution in [-0.2, 0) is 9.59 Å². The highest BCUT2D eigenvalue weighted by Crippen LogP contribution is 2.17. The van der Waals surface area contributed by atoms with Gasteiger partial charge in [-0.05, 0) is 23.8 Å². The Hall–Kier alpha value is -3.41. The smallest absolute Gasteiger partial charge is 0.481 e. The number of carbonyl (C=O) groups excluding carboxylic acids is 1. The van der Waals surface area contributed by atoms with Crippen LogP contribution in [0.4, 0.5) is 13.2 Å². The molecule has 1 atom stereocenters. The number of nitrogens with zero attached hydrogens (tertiary/aromatic N) is 2. The number of aromatic amines is 1. The Bertz CT molecular complexity index is 875. The second-order valence-corrected chi connectivity index (χ2v) is 7.59. The first-order valence-electron chi connectivity index (χ1n) is 8.92. The van der Waals surface area contributed by atoms with E-state index in [9.17, 15) is 22.8 Å². The Kier molecular flexibility index (Phi) is 8.74. The number of hydrogen-bond acceptors (Lipinski definition) is 4. The molecule has 31 heavy (non-hydrogen) atoms. The lowest BCUT2D eigenvalue weighted by Crippen LogP contribution is -2.49. The molecule has 1 heterocycles.